The van der Waals surface area contributed by atoms with Gasteiger partial charge in [0, 0.05) is 18.2 Å². The van der Waals surface area contributed by atoms with Gasteiger partial charge in [0.05, 0.1) is 28.8 Å². The van der Waals surface area contributed by atoms with Crippen LogP contribution in [0.15, 0.2) is 81.6 Å². The fourth-order valence-corrected chi connectivity index (χ4v) is 5.57. The van der Waals surface area contributed by atoms with Crippen molar-refractivity contribution in [3.63, 3.8) is 0 Å². The fourth-order valence-electron chi connectivity index (χ4n) is 4.23. The summed E-state index contributed by atoms with van der Waals surface area (Å²) in [6.45, 7) is 3.68. The summed E-state index contributed by atoms with van der Waals surface area (Å²) in [4.78, 5) is 20.6. The maximum Gasteiger partial charge on any atom is 0.277 e. The standard InChI is InChI=1S/C28H25FN4O4S/c1-3-4-8-25-32-27(34)26(28(35)33(25)18(2)21-7-5-6-19(13-21)15-30)38(36,37)24-11-9-20(10-12-24)22-14-23(29)17-31-16-22/h5-7,9-14,16-18,34H,3-4,8H2,1-2H3/t18-/m1/s1. The molecule has 0 aliphatic rings. The van der Waals surface area contributed by atoms with Gasteiger partial charge in [-0.25, -0.2) is 12.8 Å². The van der Waals surface area contributed by atoms with Gasteiger partial charge in [-0.1, -0.05) is 37.6 Å². The average molecular weight is 533 g/mol. The van der Waals surface area contributed by atoms with Gasteiger partial charge in [0.1, 0.15) is 11.6 Å². The number of aromatic hydroxyl groups is 1. The van der Waals surface area contributed by atoms with E-state index in [-0.39, 0.29) is 10.7 Å². The minimum Gasteiger partial charge on any atom is -0.492 e. The number of halogens is 1. The third-order valence-corrected chi connectivity index (χ3v) is 8.03. The summed E-state index contributed by atoms with van der Waals surface area (Å²) < 4.78 is 42.0. The number of nitrogens with zero attached hydrogens (tertiary/aromatic N) is 4. The van der Waals surface area contributed by atoms with Crippen LogP contribution in [-0.2, 0) is 16.3 Å². The van der Waals surface area contributed by atoms with Crippen LogP contribution in [0.25, 0.3) is 11.1 Å². The lowest BCUT2D eigenvalue weighted by molar-refractivity contribution is 0.412. The van der Waals surface area contributed by atoms with Gasteiger partial charge in [-0.3, -0.25) is 14.3 Å². The molecule has 0 saturated carbocycles. The SMILES string of the molecule is CCCCc1nc(O)c(S(=O)(=O)c2ccc(-c3cncc(F)c3)cc2)c(=O)n1[C@H](C)c1cccc(C#N)c1. The van der Waals surface area contributed by atoms with Crippen molar-refractivity contribution in [3.05, 3.63) is 100 Å². The molecule has 0 unspecified atom stereocenters. The van der Waals surface area contributed by atoms with E-state index in [9.17, 15) is 28.0 Å². The van der Waals surface area contributed by atoms with Crippen LogP contribution in [0.5, 0.6) is 5.88 Å². The van der Waals surface area contributed by atoms with Crippen molar-refractivity contribution in [1.29, 1.82) is 5.26 Å². The minimum absolute atomic E-state index is 0.230. The molecule has 8 nitrogen and oxygen atoms in total. The van der Waals surface area contributed by atoms with Gasteiger partial charge < -0.3 is 5.11 Å². The van der Waals surface area contributed by atoms with E-state index >= 15 is 0 Å². The molecule has 0 aliphatic heterocycles. The Morgan fingerprint density at radius 2 is 1.84 bits per heavy atom. The molecule has 2 heterocycles. The van der Waals surface area contributed by atoms with Crippen LogP contribution in [0, 0.1) is 17.1 Å². The molecular weight excluding hydrogens is 507 g/mol. The van der Waals surface area contributed by atoms with Crippen molar-refractivity contribution in [3.8, 4) is 23.1 Å². The quantitative estimate of drug-likeness (QED) is 0.345. The fraction of sp³-hybridized carbons (Fsp3) is 0.214. The molecule has 1 atom stereocenters. The van der Waals surface area contributed by atoms with E-state index in [2.05, 4.69) is 16.0 Å². The molecule has 38 heavy (non-hydrogen) atoms. The number of pyridine rings is 1. The number of hydrogen-bond donors (Lipinski definition) is 1. The molecule has 0 saturated heterocycles. The first-order chi connectivity index (χ1) is 18.2. The predicted molar refractivity (Wildman–Crippen MR) is 139 cm³/mol. The summed E-state index contributed by atoms with van der Waals surface area (Å²) >= 11 is 0. The third kappa shape index (κ3) is 5.19. The molecule has 0 radical (unpaired) electrons. The summed E-state index contributed by atoms with van der Waals surface area (Å²) in [5, 5.41) is 20.0. The number of hydrogen-bond acceptors (Lipinski definition) is 7. The average Bonchev–Trinajstić information content (AvgIpc) is 2.91. The Hall–Kier alpha value is -4.36. The molecule has 0 spiro atoms. The largest absolute Gasteiger partial charge is 0.492 e. The zero-order chi connectivity index (χ0) is 27.4. The zero-order valence-corrected chi connectivity index (χ0v) is 21.6. The lowest BCUT2D eigenvalue weighted by atomic mass is 10.0. The van der Waals surface area contributed by atoms with Crippen LogP contribution in [-0.4, -0.2) is 28.1 Å². The highest BCUT2D eigenvalue weighted by atomic mass is 32.2. The van der Waals surface area contributed by atoms with Crippen LogP contribution < -0.4 is 5.56 Å². The van der Waals surface area contributed by atoms with E-state index in [1.807, 2.05) is 6.92 Å². The normalized spacial score (nSPS) is 12.2. The van der Waals surface area contributed by atoms with Crippen LogP contribution in [0.3, 0.4) is 0 Å². The smallest absolute Gasteiger partial charge is 0.277 e. The molecular formula is C28H25FN4O4S. The Kier molecular flexibility index (Phi) is 7.69. The Bertz CT molecular complexity index is 1690. The molecule has 0 fully saturated rings. The van der Waals surface area contributed by atoms with Crippen LogP contribution in [0.4, 0.5) is 4.39 Å². The van der Waals surface area contributed by atoms with Crippen molar-refractivity contribution in [1.82, 2.24) is 14.5 Å². The van der Waals surface area contributed by atoms with Crippen LogP contribution in [0.1, 0.15) is 49.7 Å². The highest BCUT2D eigenvalue weighted by Crippen LogP contribution is 2.29. The Morgan fingerprint density at radius 1 is 1.11 bits per heavy atom. The van der Waals surface area contributed by atoms with E-state index in [1.165, 1.54) is 41.1 Å². The van der Waals surface area contributed by atoms with Crippen molar-refractivity contribution in [2.75, 3.05) is 0 Å². The van der Waals surface area contributed by atoms with E-state index in [0.717, 1.165) is 12.6 Å². The van der Waals surface area contributed by atoms with Crippen LogP contribution in [0.2, 0.25) is 0 Å². The van der Waals surface area contributed by atoms with Gasteiger partial charge in [-0.2, -0.15) is 10.2 Å². The second-order valence-corrected chi connectivity index (χ2v) is 10.7. The monoisotopic (exact) mass is 532 g/mol. The van der Waals surface area contributed by atoms with Crippen molar-refractivity contribution in [2.45, 2.75) is 48.9 Å². The predicted octanol–water partition coefficient (Wildman–Crippen LogP) is 4.81. The summed E-state index contributed by atoms with van der Waals surface area (Å²) in [6, 6.07) is 14.8. The third-order valence-electron chi connectivity index (χ3n) is 6.24. The number of aromatic nitrogens is 3. The van der Waals surface area contributed by atoms with Gasteiger partial charge in [0.2, 0.25) is 15.7 Å². The second-order valence-electron chi connectivity index (χ2n) is 8.79. The first-order valence-corrected chi connectivity index (χ1v) is 13.5. The number of unbranched alkanes of at least 4 members (excludes halogenated alkanes) is 1. The maximum atomic E-state index is 13.8. The van der Waals surface area contributed by atoms with Crippen LogP contribution >= 0.6 is 0 Å². The zero-order valence-electron chi connectivity index (χ0n) is 20.8. The number of aryl methyl sites for hydroxylation is 1. The molecule has 194 valence electrons. The minimum atomic E-state index is -4.48. The van der Waals surface area contributed by atoms with E-state index in [4.69, 9.17) is 0 Å². The molecule has 1 N–H and O–H groups in total. The maximum absolute atomic E-state index is 13.8. The van der Waals surface area contributed by atoms with E-state index in [1.54, 1.807) is 31.2 Å². The lowest BCUT2D eigenvalue weighted by Gasteiger charge is -2.21. The summed E-state index contributed by atoms with van der Waals surface area (Å²) in [5.74, 6) is -1.15. The number of sulfone groups is 1. The molecule has 2 aromatic heterocycles. The molecule has 0 aliphatic carbocycles. The summed E-state index contributed by atoms with van der Waals surface area (Å²) in [7, 11) is -4.48. The second kappa shape index (κ2) is 10.9. The van der Waals surface area contributed by atoms with E-state index < -0.39 is 38.0 Å². The number of rotatable bonds is 8. The molecule has 10 heteroatoms. The van der Waals surface area contributed by atoms with Gasteiger partial charge in [0.15, 0.2) is 4.90 Å². The van der Waals surface area contributed by atoms with Crippen molar-refractivity contribution >= 4 is 9.84 Å². The van der Waals surface area contributed by atoms with Crippen molar-refractivity contribution < 1.29 is 17.9 Å². The van der Waals surface area contributed by atoms with Gasteiger partial charge >= 0.3 is 0 Å². The Labute approximate surface area is 219 Å². The Balaban J connectivity index is 1.84. The number of nitriles is 1. The highest BCUT2D eigenvalue weighted by Gasteiger charge is 2.31. The lowest BCUT2D eigenvalue weighted by Crippen LogP contribution is -2.32. The molecule has 2 aromatic carbocycles. The first-order valence-electron chi connectivity index (χ1n) is 12.0. The van der Waals surface area contributed by atoms with Gasteiger partial charge in [-0.05, 0) is 54.8 Å². The molecule has 0 amide bonds. The van der Waals surface area contributed by atoms with Crippen molar-refractivity contribution in [2.24, 2.45) is 0 Å². The summed E-state index contributed by atoms with van der Waals surface area (Å²) in [5.41, 5.74) is 1.08. The molecule has 4 rings (SSSR count). The number of benzene rings is 2. The van der Waals surface area contributed by atoms with Gasteiger partial charge in [0.25, 0.3) is 5.56 Å². The summed E-state index contributed by atoms with van der Waals surface area (Å²) in [6.07, 6.45) is 4.31. The van der Waals surface area contributed by atoms with Gasteiger partial charge in [-0.15, -0.1) is 0 Å². The molecule has 4 aromatic rings. The Morgan fingerprint density at radius 3 is 2.50 bits per heavy atom. The highest BCUT2D eigenvalue weighted by molar-refractivity contribution is 7.91. The topological polar surface area (TPSA) is 126 Å². The first kappa shape index (κ1) is 26.7. The van der Waals surface area contributed by atoms with E-state index in [0.29, 0.717) is 35.1 Å². The molecule has 0 bridgehead atoms.